The van der Waals surface area contributed by atoms with Crippen molar-refractivity contribution in [2.45, 2.75) is 57.0 Å². The van der Waals surface area contributed by atoms with E-state index in [1.165, 1.54) is 25.7 Å². The third-order valence-electron chi connectivity index (χ3n) is 3.10. The average molecular weight is 185 g/mol. The summed E-state index contributed by atoms with van der Waals surface area (Å²) < 4.78 is 0. The van der Waals surface area contributed by atoms with E-state index < -0.39 is 0 Å². The third-order valence-corrected chi connectivity index (χ3v) is 3.10. The Morgan fingerprint density at radius 1 is 1.15 bits per heavy atom. The van der Waals surface area contributed by atoms with E-state index in [-0.39, 0.29) is 5.60 Å². The first-order valence-electron chi connectivity index (χ1n) is 5.64. The van der Waals surface area contributed by atoms with Gasteiger partial charge in [0.15, 0.2) is 0 Å². The van der Waals surface area contributed by atoms with Crippen molar-refractivity contribution in [2.24, 2.45) is 0 Å². The van der Waals surface area contributed by atoms with Crippen molar-refractivity contribution in [3.8, 4) is 0 Å². The van der Waals surface area contributed by atoms with Gasteiger partial charge in [-0.1, -0.05) is 19.3 Å². The van der Waals surface area contributed by atoms with Crippen LogP contribution in [0.3, 0.4) is 0 Å². The predicted octanol–water partition coefficient (Wildman–Crippen LogP) is 2.07. The zero-order valence-electron chi connectivity index (χ0n) is 8.81. The molecule has 78 valence electrons. The minimum Gasteiger partial charge on any atom is -0.390 e. The molecule has 0 saturated heterocycles. The molecule has 0 bridgehead atoms. The Bertz CT molecular complexity index is 130. The molecule has 0 aliphatic heterocycles. The number of rotatable bonds is 5. The van der Waals surface area contributed by atoms with Gasteiger partial charge < -0.3 is 10.4 Å². The maximum Gasteiger partial charge on any atom is 0.0647 e. The van der Waals surface area contributed by atoms with Crippen molar-refractivity contribution in [1.29, 1.82) is 0 Å². The van der Waals surface area contributed by atoms with Crippen LogP contribution in [0.5, 0.6) is 0 Å². The lowest BCUT2D eigenvalue weighted by molar-refractivity contribution is -0.00569. The van der Waals surface area contributed by atoms with Gasteiger partial charge in [-0.3, -0.25) is 0 Å². The first-order valence-corrected chi connectivity index (χ1v) is 5.64. The molecule has 13 heavy (non-hydrogen) atoms. The Morgan fingerprint density at radius 3 is 2.46 bits per heavy atom. The monoisotopic (exact) mass is 185 g/mol. The van der Waals surface area contributed by atoms with E-state index in [0.29, 0.717) is 0 Å². The molecule has 1 saturated carbocycles. The second-order valence-corrected chi connectivity index (χ2v) is 4.35. The van der Waals surface area contributed by atoms with Crippen LogP contribution in [0.25, 0.3) is 0 Å². The molecular formula is C11H23NO. The highest BCUT2D eigenvalue weighted by Gasteiger charge is 2.27. The minimum atomic E-state index is -0.300. The third kappa shape index (κ3) is 4.10. The SMILES string of the molecule is CNCCCCC1(O)CCCCC1. The molecule has 1 rings (SSSR count). The lowest BCUT2D eigenvalue weighted by Crippen LogP contribution is -2.31. The van der Waals surface area contributed by atoms with Gasteiger partial charge in [0, 0.05) is 0 Å². The standard InChI is InChI=1S/C11H23NO/c1-12-10-6-5-9-11(13)7-3-2-4-8-11/h12-13H,2-10H2,1H3. The Hall–Kier alpha value is -0.0800. The zero-order valence-corrected chi connectivity index (χ0v) is 8.81. The molecule has 1 aliphatic carbocycles. The molecule has 0 heterocycles. The van der Waals surface area contributed by atoms with Gasteiger partial charge in [0.25, 0.3) is 0 Å². The Morgan fingerprint density at radius 2 is 1.85 bits per heavy atom. The Labute approximate surface area is 81.7 Å². The van der Waals surface area contributed by atoms with Crippen molar-refractivity contribution >= 4 is 0 Å². The van der Waals surface area contributed by atoms with Crippen LogP contribution in [0.2, 0.25) is 0 Å². The van der Waals surface area contributed by atoms with Crippen LogP contribution >= 0.6 is 0 Å². The van der Waals surface area contributed by atoms with E-state index in [2.05, 4.69) is 5.32 Å². The number of aliphatic hydroxyl groups is 1. The van der Waals surface area contributed by atoms with Gasteiger partial charge in [0.2, 0.25) is 0 Å². The van der Waals surface area contributed by atoms with Gasteiger partial charge in [-0.2, -0.15) is 0 Å². The largest absolute Gasteiger partial charge is 0.390 e. The lowest BCUT2D eigenvalue weighted by Gasteiger charge is -2.32. The first kappa shape index (κ1) is 11.0. The number of hydrogen-bond donors (Lipinski definition) is 2. The fourth-order valence-electron chi connectivity index (χ4n) is 2.22. The maximum absolute atomic E-state index is 10.2. The average Bonchev–Trinajstić information content (AvgIpc) is 2.14. The molecule has 0 amide bonds. The van der Waals surface area contributed by atoms with Crippen LogP contribution in [-0.2, 0) is 0 Å². The summed E-state index contributed by atoms with van der Waals surface area (Å²) in [5.41, 5.74) is -0.300. The van der Waals surface area contributed by atoms with Crippen LogP contribution in [0.1, 0.15) is 51.4 Å². The van der Waals surface area contributed by atoms with E-state index in [9.17, 15) is 5.11 Å². The van der Waals surface area contributed by atoms with Gasteiger partial charge in [-0.25, -0.2) is 0 Å². The van der Waals surface area contributed by atoms with E-state index in [1.54, 1.807) is 0 Å². The molecule has 0 unspecified atom stereocenters. The smallest absolute Gasteiger partial charge is 0.0647 e. The highest BCUT2D eigenvalue weighted by atomic mass is 16.3. The van der Waals surface area contributed by atoms with Crippen molar-refractivity contribution in [3.63, 3.8) is 0 Å². The highest BCUT2D eigenvalue weighted by Crippen LogP contribution is 2.31. The molecule has 0 aromatic heterocycles. The van der Waals surface area contributed by atoms with Crippen LogP contribution in [0.4, 0.5) is 0 Å². The van der Waals surface area contributed by atoms with Crippen LogP contribution in [-0.4, -0.2) is 24.3 Å². The van der Waals surface area contributed by atoms with Gasteiger partial charge in [-0.05, 0) is 45.7 Å². The van der Waals surface area contributed by atoms with Crippen molar-refractivity contribution < 1.29 is 5.11 Å². The quantitative estimate of drug-likeness (QED) is 0.643. The molecule has 0 atom stereocenters. The summed E-state index contributed by atoms with van der Waals surface area (Å²) in [6, 6.07) is 0. The summed E-state index contributed by atoms with van der Waals surface area (Å²) in [6.45, 7) is 1.08. The fourth-order valence-corrected chi connectivity index (χ4v) is 2.22. The molecular weight excluding hydrogens is 162 g/mol. The fraction of sp³-hybridized carbons (Fsp3) is 1.00. The predicted molar refractivity (Wildman–Crippen MR) is 55.8 cm³/mol. The van der Waals surface area contributed by atoms with Crippen molar-refractivity contribution in [1.82, 2.24) is 5.32 Å². The molecule has 0 aromatic rings. The van der Waals surface area contributed by atoms with Crippen LogP contribution in [0.15, 0.2) is 0 Å². The lowest BCUT2D eigenvalue weighted by atomic mass is 9.81. The first-order chi connectivity index (χ1) is 6.27. The van der Waals surface area contributed by atoms with Gasteiger partial charge in [0.1, 0.15) is 0 Å². The second kappa shape index (κ2) is 5.61. The molecule has 1 aliphatic rings. The van der Waals surface area contributed by atoms with Gasteiger partial charge in [0.05, 0.1) is 5.60 Å². The summed E-state index contributed by atoms with van der Waals surface area (Å²) in [5, 5.41) is 13.3. The zero-order chi connectivity index (χ0) is 9.57. The summed E-state index contributed by atoms with van der Waals surface area (Å²) in [4.78, 5) is 0. The van der Waals surface area contributed by atoms with E-state index >= 15 is 0 Å². The van der Waals surface area contributed by atoms with Gasteiger partial charge in [-0.15, -0.1) is 0 Å². The molecule has 2 N–H and O–H groups in total. The van der Waals surface area contributed by atoms with E-state index in [0.717, 1.165) is 32.2 Å². The van der Waals surface area contributed by atoms with Crippen LogP contribution < -0.4 is 5.32 Å². The van der Waals surface area contributed by atoms with Gasteiger partial charge >= 0.3 is 0 Å². The number of unbranched alkanes of at least 4 members (excludes halogenated alkanes) is 1. The highest BCUT2D eigenvalue weighted by molar-refractivity contribution is 4.81. The molecule has 0 radical (unpaired) electrons. The second-order valence-electron chi connectivity index (χ2n) is 4.35. The Kier molecular flexibility index (Phi) is 4.74. The minimum absolute atomic E-state index is 0.300. The molecule has 0 spiro atoms. The van der Waals surface area contributed by atoms with E-state index in [1.807, 2.05) is 7.05 Å². The topological polar surface area (TPSA) is 32.3 Å². The molecule has 1 fully saturated rings. The number of nitrogens with one attached hydrogen (secondary N) is 1. The van der Waals surface area contributed by atoms with Crippen molar-refractivity contribution in [2.75, 3.05) is 13.6 Å². The summed E-state index contributed by atoms with van der Waals surface area (Å²) >= 11 is 0. The molecule has 2 heteroatoms. The molecule has 2 nitrogen and oxygen atoms in total. The summed E-state index contributed by atoms with van der Waals surface area (Å²) in [7, 11) is 1.98. The van der Waals surface area contributed by atoms with E-state index in [4.69, 9.17) is 0 Å². The Balaban J connectivity index is 2.10. The number of hydrogen-bond acceptors (Lipinski definition) is 2. The normalized spacial score (nSPS) is 21.7. The summed E-state index contributed by atoms with van der Waals surface area (Å²) in [6.07, 6.45) is 9.20. The summed E-state index contributed by atoms with van der Waals surface area (Å²) in [5.74, 6) is 0. The van der Waals surface area contributed by atoms with Crippen molar-refractivity contribution in [3.05, 3.63) is 0 Å². The maximum atomic E-state index is 10.2. The molecule has 0 aromatic carbocycles. The van der Waals surface area contributed by atoms with Crippen LogP contribution in [0, 0.1) is 0 Å².